The van der Waals surface area contributed by atoms with Gasteiger partial charge in [0.05, 0.1) is 0 Å². The van der Waals surface area contributed by atoms with Crippen LogP contribution in [0.1, 0.15) is 33.3 Å². The van der Waals surface area contributed by atoms with Crippen molar-refractivity contribution < 1.29 is 0 Å². The zero-order valence-electron chi connectivity index (χ0n) is 11.4. The largest absolute Gasteiger partial charge is 0.371 e. The summed E-state index contributed by atoms with van der Waals surface area (Å²) < 4.78 is 1.09. The van der Waals surface area contributed by atoms with Crippen molar-refractivity contribution in [3.63, 3.8) is 0 Å². The number of anilines is 1. The molecule has 0 spiro atoms. The Morgan fingerprint density at radius 1 is 1.35 bits per heavy atom. The van der Waals surface area contributed by atoms with Crippen LogP contribution in [0.5, 0.6) is 0 Å². The van der Waals surface area contributed by atoms with Crippen molar-refractivity contribution in [3.05, 3.63) is 28.2 Å². The van der Waals surface area contributed by atoms with Crippen molar-refractivity contribution in [1.82, 2.24) is 0 Å². The molecule has 0 radical (unpaired) electrons. The lowest BCUT2D eigenvalue weighted by atomic mass is 9.87. The number of halogens is 1. The predicted octanol–water partition coefficient (Wildman–Crippen LogP) is 3.78. The van der Waals surface area contributed by atoms with Gasteiger partial charge in [-0.1, -0.05) is 42.8 Å². The van der Waals surface area contributed by atoms with Crippen LogP contribution >= 0.6 is 15.9 Å². The van der Waals surface area contributed by atoms with Gasteiger partial charge in [-0.25, -0.2) is 0 Å². The van der Waals surface area contributed by atoms with Crippen LogP contribution in [-0.4, -0.2) is 13.1 Å². The molecule has 96 valence electrons. The Kier molecular flexibility index (Phi) is 4.62. The van der Waals surface area contributed by atoms with Gasteiger partial charge in [-0.05, 0) is 30.0 Å². The first kappa shape index (κ1) is 14.5. The Bertz CT molecular complexity index is 382. The van der Waals surface area contributed by atoms with Crippen molar-refractivity contribution in [2.45, 2.75) is 40.3 Å². The third kappa shape index (κ3) is 3.46. The summed E-state index contributed by atoms with van der Waals surface area (Å²) in [5.41, 5.74) is 8.28. The molecule has 1 unspecified atom stereocenters. The highest BCUT2D eigenvalue weighted by Crippen LogP contribution is 2.29. The van der Waals surface area contributed by atoms with Gasteiger partial charge in [0.2, 0.25) is 0 Å². The van der Waals surface area contributed by atoms with Crippen LogP contribution in [0.25, 0.3) is 0 Å². The molecule has 2 N–H and O–H groups in total. The maximum atomic E-state index is 5.66. The highest BCUT2D eigenvalue weighted by molar-refractivity contribution is 9.10. The Morgan fingerprint density at radius 2 is 1.94 bits per heavy atom. The predicted molar refractivity (Wildman–Crippen MR) is 79.4 cm³/mol. The highest BCUT2D eigenvalue weighted by Gasteiger charge is 2.24. The fourth-order valence-electron chi connectivity index (χ4n) is 1.73. The second-order valence-corrected chi connectivity index (χ2v) is 6.49. The lowest BCUT2D eigenvalue weighted by molar-refractivity contribution is 0.330. The number of hydrogen-bond acceptors (Lipinski definition) is 2. The molecule has 1 atom stereocenters. The molecule has 0 amide bonds. The van der Waals surface area contributed by atoms with Gasteiger partial charge in [0, 0.05) is 29.8 Å². The monoisotopic (exact) mass is 298 g/mol. The first-order valence-electron chi connectivity index (χ1n) is 5.98. The minimum Gasteiger partial charge on any atom is -0.371 e. The lowest BCUT2D eigenvalue weighted by Crippen LogP contribution is -2.39. The number of benzene rings is 1. The fraction of sp³-hybridized carbons (Fsp3) is 0.571. The lowest BCUT2D eigenvalue weighted by Gasteiger charge is -2.37. The molecule has 3 heteroatoms. The third-order valence-corrected chi connectivity index (χ3v) is 4.24. The van der Waals surface area contributed by atoms with E-state index in [1.807, 2.05) is 0 Å². The maximum Gasteiger partial charge on any atom is 0.0377 e. The molecule has 17 heavy (non-hydrogen) atoms. The van der Waals surface area contributed by atoms with Gasteiger partial charge in [-0.2, -0.15) is 0 Å². The Morgan fingerprint density at radius 3 is 2.35 bits per heavy atom. The minimum atomic E-state index is 0.258. The molecule has 0 saturated carbocycles. The highest BCUT2D eigenvalue weighted by atomic mass is 79.9. The summed E-state index contributed by atoms with van der Waals surface area (Å²) in [4.78, 5) is 2.31. The Balaban J connectivity index is 2.97. The summed E-state index contributed by atoms with van der Waals surface area (Å²) in [5, 5.41) is 0. The van der Waals surface area contributed by atoms with Gasteiger partial charge in [0.25, 0.3) is 0 Å². The average molecular weight is 299 g/mol. The number of hydrogen-bond donors (Lipinski definition) is 1. The van der Waals surface area contributed by atoms with Crippen LogP contribution in [0.4, 0.5) is 5.69 Å². The molecule has 0 aliphatic rings. The summed E-state index contributed by atoms with van der Waals surface area (Å²) in [7, 11) is 2.14. The molecule has 0 aliphatic carbocycles. The van der Waals surface area contributed by atoms with Gasteiger partial charge < -0.3 is 10.6 Å². The van der Waals surface area contributed by atoms with E-state index in [4.69, 9.17) is 5.73 Å². The van der Waals surface area contributed by atoms with E-state index in [1.165, 1.54) is 5.69 Å². The van der Waals surface area contributed by atoms with Gasteiger partial charge in [-0.3, -0.25) is 0 Å². The van der Waals surface area contributed by atoms with E-state index in [9.17, 15) is 0 Å². The average Bonchev–Trinajstić information content (AvgIpc) is 2.25. The van der Waals surface area contributed by atoms with Crippen LogP contribution in [0.2, 0.25) is 0 Å². The standard InChI is InChI=1S/C14H23BrN2/c1-10(14(2,3)4)17(5)12-7-6-11(9-16)13(15)8-12/h6-8,10H,9,16H2,1-5H3. The molecule has 0 bridgehead atoms. The van der Waals surface area contributed by atoms with E-state index in [0.717, 1.165) is 10.0 Å². The summed E-state index contributed by atoms with van der Waals surface area (Å²) >= 11 is 3.57. The van der Waals surface area contributed by atoms with Crippen LogP contribution in [0, 0.1) is 5.41 Å². The molecule has 1 aromatic rings. The second kappa shape index (κ2) is 5.40. The van der Waals surface area contributed by atoms with Crippen LogP contribution in [0.15, 0.2) is 22.7 Å². The topological polar surface area (TPSA) is 29.3 Å². The van der Waals surface area contributed by atoms with Crippen LogP contribution in [-0.2, 0) is 6.54 Å². The quantitative estimate of drug-likeness (QED) is 0.920. The summed E-state index contributed by atoms with van der Waals surface area (Å²) in [6.45, 7) is 9.61. The van der Waals surface area contributed by atoms with Crippen molar-refractivity contribution >= 4 is 21.6 Å². The fourth-order valence-corrected chi connectivity index (χ4v) is 2.25. The summed E-state index contributed by atoms with van der Waals surface area (Å²) in [5.74, 6) is 0. The number of nitrogens with zero attached hydrogens (tertiary/aromatic N) is 1. The van der Waals surface area contributed by atoms with E-state index in [2.05, 4.69) is 73.8 Å². The zero-order valence-corrected chi connectivity index (χ0v) is 13.0. The maximum absolute atomic E-state index is 5.66. The molecule has 1 aromatic carbocycles. The van der Waals surface area contributed by atoms with E-state index >= 15 is 0 Å². The smallest absolute Gasteiger partial charge is 0.0377 e. The van der Waals surface area contributed by atoms with E-state index < -0.39 is 0 Å². The van der Waals surface area contributed by atoms with Crippen LogP contribution in [0.3, 0.4) is 0 Å². The van der Waals surface area contributed by atoms with E-state index in [0.29, 0.717) is 12.6 Å². The van der Waals surface area contributed by atoms with E-state index in [-0.39, 0.29) is 5.41 Å². The van der Waals surface area contributed by atoms with Gasteiger partial charge >= 0.3 is 0 Å². The minimum absolute atomic E-state index is 0.258. The van der Waals surface area contributed by atoms with Crippen molar-refractivity contribution in [2.75, 3.05) is 11.9 Å². The molecule has 0 aromatic heterocycles. The molecule has 0 aliphatic heterocycles. The zero-order chi connectivity index (χ0) is 13.2. The van der Waals surface area contributed by atoms with Gasteiger partial charge in [-0.15, -0.1) is 0 Å². The molecule has 0 heterocycles. The van der Waals surface area contributed by atoms with Gasteiger partial charge in [0.15, 0.2) is 0 Å². The van der Waals surface area contributed by atoms with Crippen LogP contribution < -0.4 is 10.6 Å². The first-order chi connectivity index (χ1) is 7.77. The SMILES string of the molecule is CC(N(C)c1ccc(CN)c(Br)c1)C(C)(C)C. The number of rotatable bonds is 3. The first-order valence-corrected chi connectivity index (χ1v) is 6.78. The molecular weight excluding hydrogens is 276 g/mol. The van der Waals surface area contributed by atoms with Crippen molar-refractivity contribution in [2.24, 2.45) is 11.1 Å². The summed E-state index contributed by atoms with van der Waals surface area (Å²) in [6, 6.07) is 6.84. The molecule has 2 nitrogen and oxygen atoms in total. The molecule has 0 fully saturated rings. The summed E-state index contributed by atoms with van der Waals surface area (Å²) in [6.07, 6.45) is 0. The van der Waals surface area contributed by atoms with Gasteiger partial charge in [0.1, 0.15) is 0 Å². The Labute approximate surface area is 113 Å². The normalized spacial score (nSPS) is 13.6. The Hall–Kier alpha value is -0.540. The molecule has 0 saturated heterocycles. The molecule has 1 rings (SSSR count). The van der Waals surface area contributed by atoms with Crippen molar-refractivity contribution in [1.29, 1.82) is 0 Å². The number of nitrogens with two attached hydrogens (primary N) is 1. The third-order valence-electron chi connectivity index (χ3n) is 3.50. The second-order valence-electron chi connectivity index (χ2n) is 5.63. The molecular formula is C14H23BrN2. The van der Waals surface area contributed by atoms with E-state index in [1.54, 1.807) is 0 Å². The van der Waals surface area contributed by atoms with Crippen molar-refractivity contribution in [3.8, 4) is 0 Å².